The molecule has 1 atom stereocenters. The lowest BCUT2D eigenvalue weighted by Crippen LogP contribution is -2.39. The highest BCUT2D eigenvalue weighted by Gasteiger charge is 2.24. The number of aromatic nitrogens is 1. The van der Waals surface area contributed by atoms with E-state index in [0.29, 0.717) is 26.3 Å². The monoisotopic (exact) mass is 446 g/mol. The average molecular weight is 447 g/mol. The zero-order chi connectivity index (χ0) is 22.4. The van der Waals surface area contributed by atoms with E-state index in [1.807, 2.05) is 20.0 Å². The maximum Gasteiger partial charge on any atom is 0.194 e. The summed E-state index contributed by atoms with van der Waals surface area (Å²) < 4.78 is 16.8. The third-order valence-electron chi connectivity index (χ3n) is 5.31. The van der Waals surface area contributed by atoms with Crippen LogP contribution in [0.2, 0.25) is 0 Å². The lowest BCUT2D eigenvalue weighted by atomic mass is 9.84. The van der Waals surface area contributed by atoms with E-state index in [1.165, 1.54) is 5.56 Å². The first-order valence-corrected chi connectivity index (χ1v) is 11.6. The first-order chi connectivity index (χ1) is 14.8. The lowest BCUT2D eigenvalue weighted by Gasteiger charge is -2.28. The van der Waals surface area contributed by atoms with Crippen LogP contribution in [0, 0.1) is 0 Å². The summed E-state index contributed by atoms with van der Waals surface area (Å²) >= 11 is 1.63. The summed E-state index contributed by atoms with van der Waals surface area (Å²) in [5, 5.41) is 6.48. The average Bonchev–Trinajstić information content (AvgIpc) is 3.24. The molecule has 31 heavy (non-hydrogen) atoms. The van der Waals surface area contributed by atoms with Crippen molar-refractivity contribution in [3.05, 3.63) is 39.8 Å². The highest BCUT2D eigenvalue weighted by Crippen LogP contribution is 2.35. The van der Waals surface area contributed by atoms with Crippen LogP contribution in [0.25, 0.3) is 0 Å². The molecule has 2 aromatic rings. The molecule has 1 aromatic carbocycles. The molecule has 0 radical (unpaired) electrons. The van der Waals surface area contributed by atoms with Crippen molar-refractivity contribution in [3.63, 3.8) is 0 Å². The van der Waals surface area contributed by atoms with E-state index in [4.69, 9.17) is 24.2 Å². The van der Waals surface area contributed by atoms with Gasteiger partial charge in [-0.05, 0) is 31.5 Å². The Balaban J connectivity index is 1.71. The molecule has 0 saturated heterocycles. The van der Waals surface area contributed by atoms with Crippen LogP contribution in [0.3, 0.4) is 0 Å². The van der Waals surface area contributed by atoms with Crippen LogP contribution in [-0.4, -0.2) is 56.3 Å². The summed E-state index contributed by atoms with van der Waals surface area (Å²) in [4.78, 5) is 11.8. The molecule has 0 aliphatic carbocycles. The van der Waals surface area contributed by atoms with E-state index < -0.39 is 0 Å². The van der Waals surface area contributed by atoms with Gasteiger partial charge in [0.15, 0.2) is 17.5 Å². The van der Waals surface area contributed by atoms with E-state index in [0.717, 1.165) is 34.7 Å². The minimum atomic E-state index is -0.154. The van der Waals surface area contributed by atoms with Crippen LogP contribution in [0.1, 0.15) is 50.1 Å². The first-order valence-electron chi connectivity index (χ1n) is 10.7. The van der Waals surface area contributed by atoms with Crippen LogP contribution in [-0.2, 0) is 16.7 Å². The van der Waals surface area contributed by atoms with Gasteiger partial charge < -0.3 is 24.4 Å². The molecule has 0 saturated carbocycles. The highest BCUT2D eigenvalue weighted by atomic mass is 32.1. The first kappa shape index (κ1) is 23.3. The minimum Gasteiger partial charge on any atom is -0.486 e. The topological polar surface area (TPSA) is 68.2 Å². The fourth-order valence-electron chi connectivity index (χ4n) is 3.30. The molecule has 8 heteroatoms. The van der Waals surface area contributed by atoms with Crippen LogP contribution in [0.15, 0.2) is 28.6 Å². The number of rotatable bonds is 8. The Kier molecular flexibility index (Phi) is 7.78. The fourth-order valence-corrected chi connectivity index (χ4v) is 4.14. The third-order valence-corrected chi connectivity index (χ3v) is 6.37. The number of aliphatic imine (C=N–C) groups is 1. The van der Waals surface area contributed by atoms with Crippen LogP contribution >= 0.6 is 11.3 Å². The Morgan fingerprint density at radius 2 is 2.06 bits per heavy atom. The van der Waals surface area contributed by atoms with Crippen LogP contribution in [0.5, 0.6) is 11.5 Å². The maximum absolute atomic E-state index is 5.76. The summed E-state index contributed by atoms with van der Waals surface area (Å²) in [5.41, 5.74) is 2.04. The number of benzene rings is 1. The number of guanidine groups is 1. The molecule has 170 valence electrons. The number of nitrogens with zero attached hydrogens (tertiary/aromatic N) is 3. The van der Waals surface area contributed by atoms with Gasteiger partial charge in [0.1, 0.15) is 24.3 Å². The fraction of sp³-hybridized carbons (Fsp3) is 0.565. The van der Waals surface area contributed by atoms with Crippen molar-refractivity contribution in [3.8, 4) is 11.5 Å². The standard InChI is InChI=1S/C23H34N4O3S/c1-7-24-22(27(5)13-18-14-31-21(26-18)16(2)28-6)25-15-23(3,4)17-8-9-19-20(12-17)30-11-10-29-19/h8-9,12,14,16H,7,10-11,13,15H2,1-6H3,(H,24,25). The molecular weight excluding hydrogens is 412 g/mol. The van der Waals surface area contributed by atoms with Gasteiger partial charge in [0.05, 0.1) is 18.8 Å². The minimum absolute atomic E-state index is 0.0118. The van der Waals surface area contributed by atoms with Gasteiger partial charge in [-0.15, -0.1) is 11.3 Å². The Labute approximate surface area is 189 Å². The van der Waals surface area contributed by atoms with Crippen molar-refractivity contribution in [2.24, 2.45) is 4.99 Å². The van der Waals surface area contributed by atoms with Gasteiger partial charge in [-0.2, -0.15) is 0 Å². The molecule has 0 spiro atoms. The molecule has 1 aliphatic heterocycles. The Morgan fingerprint density at radius 1 is 1.32 bits per heavy atom. The zero-order valence-electron chi connectivity index (χ0n) is 19.4. The second kappa shape index (κ2) is 10.3. The molecule has 7 nitrogen and oxygen atoms in total. The molecule has 3 rings (SSSR count). The summed E-state index contributed by atoms with van der Waals surface area (Å²) in [6.07, 6.45) is 0.0118. The van der Waals surface area contributed by atoms with Crippen molar-refractivity contribution < 1.29 is 14.2 Å². The molecule has 0 amide bonds. The number of ether oxygens (including phenoxy) is 3. The number of nitrogens with one attached hydrogen (secondary N) is 1. The lowest BCUT2D eigenvalue weighted by molar-refractivity contribution is 0.119. The van der Waals surface area contributed by atoms with E-state index in [-0.39, 0.29) is 11.5 Å². The molecule has 1 unspecified atom stereocenters. The van der Waals surface area contributed by atoms with Crippen molar-refractivity contribution in [2.75, 3.05) is 40.5 Å². The smallest absolute Gasteiger partial charge is 0.194 e. The number of hydrogen-bond donors (Lipinski definition) is 1. The van der Waals surface area contributed by atoms with Crippen LogP contribution in [0.4, 0.5) is 0 Å². The van der Waals surface area contributed by atoms with Gasteiger partial charge in [0, 0.05) is 31.5 Å². The second-order valence-electron chi connectivity index (χ2n) is 8.32. The molecule has 0 bridgehead atoms. The maximum atomic E-state index is 5.76. The van der Waals surface area contributed by atoms with E-state index in [2.05, 4.69) is 48.5 Å². The number of thiazole rings is 1. The summed E-state index contributed by atoms with van der Waals surface area (Å²) in [6, 6.07) is 6.18. The molecule has 2 heterocycles. The highest BCUT2D eigenvalue weighted by molar-refractivity contribution is 7.09. The Hall–Kier alpha value is -2.32. The Morgan fingerprint density at radius 3 is 2.77 bits per heavy atom. The van der Waals surface area contributed by atoms with Crippen LogP contribution < -0.4 is 14.8 Å². The van der Waals surface area contributed by atoms with Gasteiger partial charge in [0.2, 0.25) is 0 Å². The molecular formula is C23H34N4O3S. The van der Waals surface area contributed by atoms with Crippen molar-refractivity contribution >= 4 is 17.3 Å². The second-order valence-corrected chi connectivity index (χ2v) is 9.21. The van der Waals surface area contributed by atoms with Crippen molar-refractivity contribution in [1.82, 2.24) is 15.2 Å². The van der Waals surface area contributed by atoms with Gasteiger partial charge in [-0.1, -0.05) is 19.9 Å². The molecule has 1 aromatic heterocycles. The van der Waals surface area contributed by atoms with Crippen molar-refractivity contribution in [2.45, 2.75) is 45.8 Å². The molecule has 1 N–H and O–H groups in total. The van der Waals surface area contributed by atoms with E-state index in [9.17, 15) is 0 Å². The normalized spacial score (nSPS) is 15.0. The Bertz CT molecular complexity index is 897. The predicted molar refractivity (Wildman–Crippen MR) is 125 cm³/mol. The third kappa shape index (κ3) is 5.89. The SMILES string of the molecule is CCNC(=NCC(C)(C)c1ccc2c(c1)OCCO2)N(C)Cc1csc(C(C)OC)n1. The van der Waals surface area contributed by atoms with Gasteiger partial charge in [-0.3, -0.25) is 4.99 Å². The number of hydrogen-bond acceptors (Lipinski definition) is 6. The number of fused-ring (bicyclic) bond motifs is 1. The van der Waals surface area contributed by atoms with E-state index in [1.54, 1.807) is 18.4 Å². The molecule has 1 aliphatic rings. The summed E-state index contributed by atoms with van der Waals surface area (Å²) in [5.74, 6) is 2.49. The largest absolute Gasteiger partial charge is 0.486 e. The molecule has 0 fully saturated rings. The number of methoxy groups -OCH3 is 1. The van der Waals surface area contributed by atoms with Gasteiger partial charge in [-0.25, -0.2) is 4.98 Å². The summed E-state index contributed by atoms with van der Waals surface area (Å²) in [7, 11) is 3.74. The van der Waals surface area contributed by atoms with Gasteiger partial charge >= 0.3 is 0 Å². The summed E-state index contributed by atoms with van der Waals surface area (Å²) in [6.45, 7) is 11.8. The van der Waals surface area contributed by atoms with E-state index >= 15 is 0 Å². The predicted octanol–water partition coefficient (Wildman–Crippen LogP) is 4.00. The van der Waals surface area contributed by atoms with Gasteiger partial charge in [0.25, 0.3) is 0 Å². The van der Waals surface area contributed by atoms with Crippen molar-refractivity contribution in [1.29, 1.82) is 0 Å². The zero-order valence-corrected chi connectivity index (χ0v) is 20.2. The quantitative estimate of drug-likeness (QED) is 0.488.